The second-order valence-corrected chi connectivity index (χ2v) is 9.65. The number of amides is 1. The first kappa shape index (κ1) is 22.6. The van der Waals surface area contributed by atoms with Gasteiger partial charge in [-0.2, -0.15) is 0 Å². The van der Waals surface area contributed by atoms with E-state index in [1.54, 1.807) is 11.9 Å². The van der Waals surface area contributed by atoms with E-state index in [0.717, 1.165) is 54.2 Å². The largest absolute Gasteiger partial charge is 0.486 e. The molecule has 5 rings (SSSR count). The summed E-state index contributed by atoms with van der Waals surface area (Å²) in [5.74, 6) is 2.58. The molecule has 0 N–H and O–H groups in total. The van der Waals surface area contributed by atoms with E-state index < -0.39 is 0 Å². The molecule has 0 radical (unpaired) electrons. The quantitative estimate of drug-likeness (QED) is 0.480. The Morgan fingerprint density at radius 2 is 1.82 bits per heavy atom. The highest BCUT2D eigenvalue weighted by molar-refractivity contribution is 7.99. The molecule has 1 unspecified atom stereocenters. The fourth-order valence-electron chi connectivity index (χ4n) is 4.19. The third kappa shape index (κ3) is 4.84. The predicted molar refractivity (Wildman–Crippen MR) is 132 cm³/mol. The summed E-state index contributed by atoms with van der Waals surface area (Å²) < 4.78 is 13.8. The lowest BCUT2D eigenvalue weighted by molar-refractivity contribution is -0.128. The molecule has 2 aliphatic rings. The van der Waals surface area contributed by atoms with Crippen molar-refractivity contribution < 1.29 is 14.3 Å². The number of carbonyl (C=O) groups is 1. The molecule has 0 aliphatic carbocycles. The summed E-state index contributed by atoms with van der Waals surface area (Å²) in [6, 6.07) is 15.9. The number of carbonyl (C=O) groups excluding carboxylic acids is 1. The van der Waals surface area contributed by atoms with Crippen LogP contribution in [-0.4, -0.2) is 70.7 Å². The lowest BCUT2D eigenvalue weighted by Crippen LogP contribution is -2.42. The Hall–Kier alpha value is -3.20. The molecule has 3 aromatic rings. The Kier molecular flexibility index (Phi) is 6.62. The predicted octanol–water partition coefficient (Wildman–Crippen LogP) is 3.57. The molecule has 1 aromatic heterocycles. The number of nitrogens with zero attached hydrogens (tertiary/aromatic N) is 5. The van der Waals surface area contributed by atoms with E-state index in [1.165, 1.54) is 17.3 Å². The van der Waals surface area contributed by atoms with E-state index in [4.69, 9.17) is 9.47 Å². The van der Waals surface area contributed by atoms with Crippen molar-refractivity contribution in [1.29, 1.82) is 0 Å². The number of aromatic nitrogens is 3. The molecule has 9 heteroatoms. The molecular weight excluding hydrogens is 450 g/mol. The number of ether oxygens (including phenoxy) is 2. The maximum atomic E-state index is 12.9. The van der Waals surface area contributed by atoms with Gasteiger partial charge in [-0.25, -0.2) is 0 Å². The van der Waals surface area contributed by atoms with E-state index in [0.29, 0.717) is 13.2 Å². The van der Waals surface area contributed by atoms with Gasteiger partial charge in [0.15, 0.2) is 22.8 Å². The maximum absolute atomic E-state index is 12.9. The van der Waals surface area contributed by atoms with Gasteiger partial charge in [0, 0.05) is 20.1 Å². The summed E-state index contributed by atoms with van der Waals surface area (Å²) >= 11 is 1.41. The summed E-state index contributed by atoms with van der Waals surface area (Å²) in [4.78, 5) is 16.9. The van der Waals surface area contributed by atoms with Crippen molar-refractivity contribution in [2.75, 3.05) is 43.9 Å². The third-order valence-electron chi connectivity index (χ3n) is 6.09. The van der Waals surface area contributed by atoms with Gasteiger partial charge in [0.1, 0.15) is 6.61 Å². The molecule has 1 saturated heterocycles. The zero-order valence-electron chi connectivity index (χ0n) is 19.5. The number of anilines is 1. The third-order valence-corrected chi connectivity index (χ3v) is 7.01. The minimum Gasteiger partial charge on any atom is -0.486 e. The van der Waals surface area contributed by atoms with E-state index in [9.17, 15) is 4.79 Å². The molecule has 0 bridgehead atoms. The summed E-state index contributed by atoms with van der Waals surface area (Å²) in [6.07, 6.45) is 2.11. The molecule has 8 nitrogen and oxygen atoms in total. The zero-order valence-corrected chi connectivity index (χ0v) is 20.3. The molecule has 0 saturated carbocycles. The van der Waals surface area contributed by atoms with E-state index >= 15 is 0 Å². The van der Waals surface area contributed by atoms with Crippen molar-refractivity contribution in [3.05, 3.63) is 54.1 Å². The van der Waals surface area contributed by atoms with Crippen molar-refractivity contribution in [3.63, 3.8) is 0 Å². The Morgan fingerprint density at radius 3 is 2.59 bits per heavy atom. The van der Waals surface area contributed by atoms with Gasteiger partial charge in [-0.3, -0.25) is 9.36 Å². The Bertz CT molecular complexity index is 1140. The highest BCUT2D eigenvalue weighted by Crippen LogP contribution is 2.31. The molecule has 2 aliphatic heterocycles. The van der Waals surface area contributed by atoms with Crippen LogP contribution in [0.15, 0.2) is 53.7 Å². The van der Waals surface area contributed by atoms with Crippen LogP contribution < -0.4 is 14.4 Å². The van der Waals surface area contributed by atoms with Crippen LogP contribution in [0.5, 0.6) is 11.5 Å². The molecule has 178 valence electrons. The molecule has 1 amide bonds. The van der Waals surface area contributed by atoms with Crippen LogP contribution in [0.2, 0.25) is 0 Å². The second-order valence-electron chi connectivity index (χ2n) is 8.71. The first-order valence-electron chi connectivity index (χ1n) is 11.6. The highest BCUT2D eigenvalue weighted by Gasteiger charge is 2.26. The molecule has 0 spiro atoms. The lowest BCUT2D eigenvalue weighted by atomic mass is 10.2. The first-order valence-corrected chi connectivity index (χ1v) is 12.6. The summed E-state index contributed by atoms with van der Waals surface area (Å²) in [6.45, 7) is 4.90. The number of likely N-dealkylation sites (N-methyl/N-ethyl adjacent to an activating group) is 1. The van der Waals surface area contributed by atoms with Gasteiger partial charge in [0.2, 0.25) is 11.9 Å². The Morgan fingerprint density at radius 1 is 1.09 bits per heavy atom. The van der Waals surface area contributed by atoms with Crippen molar-refractivity contribution in [3.8, 4) is 17.2 Å². The van der Waals surface area contributed by atoms with Gasteiger partial charge >= 0.3 is 0 Å². The monoisotopic (exact) mass is 479 g/mol. The average Bonchev–Trinajstić information content (AvgIpc) is 3.53. The van der Waals surface area contributed by atoms with Gasteiger partial charge in [-0.05, 0) is 44.0 Å². The van der Waals surface area contributed by atoms with Crippen LogP contribution in [0.1, 0.15) is 18.4 Å². The fraction of sp³-hybridized carbons (Fsp3) is 0.400. The zero-order chi connectivity index (χ0) is 23.5. The maximum Gasteiger partial charge on any atom is 0.232 e. The molecular formula is C25H29N5O3S. The number of thioether (sulfide) groups is 1. The number of benzene rings is 2. The van der Waals surface area contributed by atoms with Crippen molar-refractivity contribution in [2.24, 2.45) is 0 Å². The summed E-state index contributed by atoms with van der Waals surface area (Å²) in [5.41, 5.74) is 2.20. The smallest absolute Gasteiger partial charge is 0.232 e. The van der Waals surface area contributed by atoms with Crippen LogP contribution in [0.25, 0.3) is 5.69 Å². The minimum atomic E-state index is -0.202. The Labute approximate surface area is 203 Å². The second kappa shape index (κ2) is 9.97. The normalized spacial score (nSPS) is 17.1. The first-order chi connectivity index (χ1) is 16.6. The molecule has 1 atom stereocenters. The van der Waals surface area contributed by atoms with Crippen molar-refractivity contribution in [2.45, 2.75) is 31.0 Å². The molecule has 1 fully saturated rings. The summed E-state index contributed by atoms with van der Waals surface area (Å²) in [5, 5.41) is 9.66. The van der Waals surface area contributed by atoms with Crippen LogP contribution in [0.4, 0.5) is 5.95 Å². The number of para-hydroxylation sites is 2. The Balaban J connectivity index is 1.25. The fourth-order valence-corrected chi connectivity index (χ4v) is 5.08. The number of aryl methyl sites for hydroxylation is 1. The van der Waals surface area contributed by atoms with Crippen molar-refractivity contribution >= 4 is 23.6 Å². The summed E-state index contributed by atoms with van der Waals surface area (Å²) in [7, 11) is 1.80. The van der Waals surface area contributed by atoms with Crippen molar-refractivity contribution in [1.82, 2.24) is 19.7 Å². The van der Waals surface area contributed by atoms with Crippen LogP contribution >= 0.6 is 11.8 Å². The molecule has 34 heavy (non-hydrogen) atoms. The SMILES string of the molecule is Cc1ccc(-n2c(SCC(=O)N(C)CC3COc4ccccc4O3)nnc2N2CCCC2)cc1. The van der Waals surface area contributed by atoms with E-state index in [1.807, 2.05) is 24.3 Å². The number of hydrogen-bond acceptors (Lipinski definition) is 7. The van der Waals surface area contributed by atoms with Crippen LogP contribution in [0.3, 0.4) is 0 Å². The number of rotatable bonds is 7. The van der Waals surface area contributed by atoms with Gasteiger partial charge in [-0.15, -0.1) is 10.2 Å². The molecule has 2 aromatic carbocycles. The molecule has 3 heterocycles. The highest BCUT2D eigenvalue weighted by atomic mass is 32.2. The van der Waals surface area contributed by atoms with Gasteiger partial charge in [0.25, 0.3) is 0 Å². The van der Waals surface area contributed by atoms with Gasteiger partial charge < -0.3 is 19.3 Å². The topological polar surface area (TPSA) is 72.7 Å². The standard InChI is InChI=1S/C25H29N5O3S/c1-18-9-11-19(12-10-18)30-24(29-13-5-6-14-29)26-27-25(30)34-17-23(31)28(2)15-20-16-32-21-7-3-4-8-22(21)33-20/h3-4,7-12,20H,5-6,13-17H2,1-2H3. The van der Waals surface area contributed by atoms with Crippen LogP contribution in [-0.2, 0) is 4.79 Å². The van der Waals surface area contributed by atoms with Gasteiger partial charge in [0.05, 0.1) is 18.0 Å². The van der Waals surface area contributed by atoms with E-state index in [2.05, 4.69) is 50.9 Å². The van der Waals surface area contributed by atoms with Gasteiger partial charge in [-0.1, -0.05) is 41.6 Å². The lowest BCUT2D eigenvalue weighted by Gasteiger charge is -2.29. The number of hydrogen-bond donors (Lipinski definition) is 0. The average molecular weight is 480 g/mol. The number of fused-ring (bicyclic) bond motifs is 1. The van der Waals surface area contributed by atoms with Crippen LogP contribution in [0, 0.1) is 6.92 Å². The van der Waals surface area contributed by atoms with E-state index in [-0.39, 0.29) is 17.8 Å². The minimum absolute atomic E-state index is 0.00800.